The van der Waals surface area contributed by atoms with Gasteiger partial charge < -0.3 is 19.9 Å². The highest BCUT2D eigenvalue weighted by Gasteiger charge is 2.18. The number of para-hydroxylation sites is 2. The first kappa shape index (κ1) is 14.2. The van der Waals surface area contributed by atoms with Crippen molar-refractivity contribution in [2.45, 2.75) is 12.5 Å². The quantitative estimate of drug-likeness (QED) is 0.699. The van der Waals surface area contributed by atoms with Gasteiger partial charge in [0.1, 0.15) is 11.1 Å². The lowest BCUT2D eigenvalue weighted by Crippen LogP contribution is -2.42. The molecule has 3 N–H and O–H groups in total. The van der Waals surface area contributed by atoms with E-state index in [2.05, 4.69) is 10.3 Å². The highest BCUT2D eigenvalue weighted by molar-refractivity contribution is 5.91. The summed E-state index contributed by atoms with van der Waals surface area (Å²) in [5, 5.41) is 20.9. The molecule has 0 radical (unpaired) electrons. The van der Waals surface area contributed by atoms with E-state index in [0.717, 1.165) is 5.52 Å². The average Bonchev–Trinajstić information content (AvgIpc) is 2.86. The van der Waals surface area contributed by atoms with Gasteiger partial charge in [0.05, 0.1) is 6.61 Å². The first-order chi connectivity index (χ1) is 9.50. The summed E-state index contributed by atoms with van der Waals surface area (Å²) in [7, 11) is 0. The summed E-state index contributed by atoms with van der Waals surface area (Å²) >= 11 is 0. The summed E-state index contributed by atoms with van der Waals surface area (Å²) in [5.41, 5.74) is 0.0349. The smallest absolute Gasteiger partial charge is 0.244 e. The van der Waals surface area contributed by atoms with Gasteiger partial charge in [0, 0.05) is 18.7 Å². The molecule has 1 amide bonds. The number of fused-ring (bicyclic) bond motifs is 1. The van der Waals surface area contributed by atoms with Crippen molar-refractivity contribution in [2.75, 3.05) is 13.2 Å². The topological polar surface area (TPSA) is 95.6 Å². The number of aromatic nitrogens is 1. The number of nitrogens with one attached hydrogen (secondary N) is 1. The van der Waals surface area contributed by atoms with Gasteiger partial charge in [-0.1, -0.05) is 12.1 Å². The van der Waals surface area contributed by atoms with Crippen LogP contribution in [0.2, 0.25) is 0 Å². The Balaban J connectivity index is 1.96. The van der Waals surface area contributed by atoms with Gasteiger partial charge in [-0.15, -0.1) is 0 Å². The molecule has 1 heterocycles. The summed E-state index contributed by atoms with van der Waals surface area (Å²) in [6.07, 6.45) is 2.71. The summed E-state index contributed by atoms with van der Waals surface area (Å²) < 4.78 is 5.42. The average molecular weight is 276 g/mol. The third-order valence-corrected chi connectivity index (χ3v) is 2.67. The van der Waals surface area contributed by atoms with Crippen LogP contribution in [0.3, 0.4) is 0 Å². The molecular formula is C14H16N2O4. The van der Waals surface area contributed by atoms with Crippen LogP contribution in [-0.2, 0) is 4.79 Å². The van der Waals surface area contributed by atoms with Gasteiger partial charge in [-0.25, -0.2) is 4.98 Å². The van der Waals surface area contributed by atoms with Gasteiger partial charge in [0.25, 0.3) is 0 Å². The Morgan fingerprint density at radius 3 is 2.95 bits per heavy atom. The fraction of sp³-hybridized carbons (Fsp3) is 0.286. The summed E-state index contributed by atoms with van der Waals surface area (Å²) in [6, 6.07) is 7.29. The number of benzene rings is 1. The molecule has 1 aromatic carbocycles. The second-order valence-corrected chi connectivity index (χ2v) is 4.73. The predicted octanol–water partition coefficient (Wildman–Crippen LogP) is 0.700. The number of rotatable bonds is 5. The van der Waals surface area contributed by atoms with Crippen molar-refractivity contribution in [2.24, 2.45) is 0 Å². The first-order valence-electron chi connectivity index (χ1n) is 6.15. The number of oxazole rings is 1. The SMILES string of the molecule is CC(O)(CO)CNC(=O)C=Cc1nc2ccccc2o1. The summed E-state index contributed by atoms with van der Waals surface area (Å²) in [4.78, 5) is 15.7. The number of aliphatic hydroxyl groups excluding tert-OH is 1. The molecule has 6 heteroatoms. The van der Waals surface area contributed by atoms with Crippen LogP contribution in [0.4, 0.5) is 0 Å². The lowest BCUT2D eigenvalue weighted by molar-refractivity contribution is -0.117. The van der Waals surface area contributed by atoms with Gasteiger partial charge in [0.2, 0.25) is 11.8 Å². The highest BCUT2D eigenvalue weighted by atomic mass is 16.3. The molecule has 0 saturated carbocycles. The molecule has 106 valence electrons. The van der Waals surface area contributed by atoms with Crippen LogP contribution in [-0.4, -0.2) is 39.9 Å². The Bertz CT molecular complexity index is 598. The number of hydrogen-bond acceptors (Lipinski definition) is 5. The number of aliphatic hydroxyl groups is 2. The minimum atomic E-state index is -1.33. The maximum atomic E-state index is 11.5. The second kappa shape index (κ2) is 5.85. The van der Waals surface area contributed by atoms with Crippen molar-refractivity contribution in [1.82, 2.24) is 10.3 Å². The number of amides is 1. The molecule has 1 atom stereocenters. The fourth-order valence-corrected chi connectivity index (χ4v) is 1.50. The first-order valence-corrected chi connectivity index (χ1v) is 6.15. The summed E-state index contributed by atoms with van der Waals surface area (Å²) in [6.45, 7) is 0.958. The molecule has 0 aliphatic carbocycles. The highest BCUT2D eigenvalue weighted by Crippen LogP contribution is 2.15. The third kappa shape index (κ3) is 3.66. The minimum Gasteiger partial charge on any atom is -0.437 e. The van der Waals surface area contributed by atoms with Crippen molar-refractivity contribution in [1.29, 1.82) is 0 Å². The van der Waals surface area contributed by atoms with Crippen LogP contribution in [0.25, 0.3) is 17.2 Å². The van der Waals surface area contributed by atoms with Crippen LogP contribution in [0.15, 0.2) is 34.8 Å². The van der Waals surface area contributed by atoms with E-state index in [1.54, 1.807) is 6.07 Å². The Hall–Kier alpha value is -2.18. The molecule has 6 nitrogen and oxygen atoms in total. The monoisotopic (exact) mass is 276 g/mol. The molecule has 1 aromatic heterocycles. The van der Waals surface area contributed by atoms with Crippen molar-refractivity contribution in [3.05, 3.63) is 36.2 Å². The molecule has 0 aliphatic rings. The van der Waals surface area contributed by atoms with Crippen molar-refractivity contribution >= 4 is 23.1 Å². The minimum absolute atomic E-state index is 0.0414. The van der Waals surface area contributed by atoms with E-state index < -0.39 is 18.1 Å². The van der Waals surface area contributed by atoms with Crippen LogP contribution < -0.4 is 5.32 Å². The van der Waals surface area contributed by atoms with Crippen molar-refractivity contribution in [3.8, 4) is 0 Å². The van der Waals surface area contributed by atoms with E-state index in [4.69, 9.17) is 9.52 Å². The molecule has 20 heavy (non-hydrogen) atoms. The predicted molar refractivity (Wildman–Crippen MR) is 73.8 cm³/mol. The Morgan fingerprint density at radius 1 is 1.50 bits per heavy atom. The number of carbonyl (C=O) groups excluding carboxylic acids is 1. The van der Waals surface area contributed by atoms with Crippen molar-refractivity contribution < 1.29 is 19.4 Å². The molecule has 0 bridgehead atoms. The number of nitrogens with zero attached hydrogens (tertiary/aromatic N) is 1. The lowest BCUT2D eigenvalue weighted by atomic mass is 10.1. The van der Waals surface area contributed by atoms with Crippen LogP contribution in [0, 0.1) is 0 Å². The maximum Gasteiger partial charge on any atom is 0.244 e. The van der Waals surface area contributed by atoms with Crippen LogP contribution >= 0.6 is 0 Å². The molecule has 0 fully saturated rings. The third-order valence-electron chi connectivity index (χ3n) is 2.67. The lowest BCUT2D eigenvalue weighted by Gasteiger charge is -2.19. The largest absolute Gasteiger partial charge is 0.437 e. The van der Waals surface area contributed by atoms with E-state index in [1.807, 2.05) is 18.2 Å². The molecule has 1 unspecified atom stereocenters. The van der Waals surface area contributed by atoms with Crippen LogP contribution in [0.5, 0.6) is 0 Å². The fourth-order valence-electron chi connectivity index (χ4n) is 1.50. The second-order valence-electron chi connectivity index (χ2n) is 4.73. The van der Waals surface area contributed by atoms with E-state index >= 15 is 0 Å². The Kier molecular flexibility index (Phi) is 4.16. The number of carbonyl (C=O) groups is 1. The molecular weight excluding hydrogens is 260 g/mol. The van der Waals surface area contributed by atoms with E-state index in [1.165, 1.54) is 19.1 Å². The zero-order valence-electron chi connectivity index (χ0n) is 11.0. The normalized spacial score (nSPS) is 14.6. The molecule has 2 aromatic rings. The van der Waals surface area contributed by atoms with E-state index in [-0.39, 0.29) is 6.54 Å². The molecule has 0 saturated heterocycles. The standard InChI is InChI=1S/C14H16N2O4/c1-14(19,9-17)8-15-12(18)6-7-13-16-10-4-2-3-5-11(10)20-13/h2-7,17,19H,8-9H2,1H3,(H,15,18). The zero-order valence-corrected chi connectivity index (χ0v) is 11.0. The molecule has 2 rings (SSSR count). The molecule has 0 aliphatic heterocycles. The maximum absolute atomic E-state index is 11.5. The van der Waals surface area contributed by atoms with Crippen LogP contribution in [0.1, 0.15) is 12.8 Å². The van der Waals surface area contributed by atoms with E-state index in [9.17, 15) is 9.90 Å². The Morgan fingerprint density at radius 2 is 2.25 bits per heavy atom. The van der Waals surface area contributed by atoms with Gasteiger partial charge in [-0.2, -0.15) is 0 Å². The summed E-state index contributed by atoms with van der Waals surface area (Å²) in [5.74, 6) is -0.0729. The van der Waals surface area contributed by atoms with Crippen molar-refractivity contribution in [3.63, 3.8) is 0 Å². The van der Waals surface area contributed by atoms with Gasteiger partial charge in [-0.3, -0.25) is 4.79 Å². The van der Waals surface area contributed by atoms with E-state index in [0.29, 0.717) is 11.5 Å². The zero-order chi connectivity index (χ0) is 14.6. The molecule has 0 spiro atoms. The Labute approximate surface area is 115 Å². The van der Waals surface area contributed by atoms with Gasteiger partial charge in [-0.05, 0) is 19.1 Å². The number of hydrogen-bond donors (Lipinski definition) is 3. The van der Waals surface area contributed by atoms with Gasteiger partial charge >= 0.3 is 0 Å². The van der Waals surface area contributed by atoms with Gasteiger partial charge in [0.15, 0.2) is 5.58 Å².